The molecule has 2 rings (SSSR count). The zero-order valence-electron chi connectivity index (χ0n) is 8.17. The van der Waals surface area contributed by atoms with Gasteiger partial charge in [0.15, 0.2) is 10.1 Å². The number of imidazole rings is 1. The normalized spacial score (nSPS) is 11.4. The summed E-state index contributed by atoms with van der Waals surface area (Å²) in [5, 5.41) is 5.96. The van der Waals surface area contributed by atoms with Gasteiger partial charge >= 0.3 is 0 Å². The van der Waals surface area contributed by atoms with Crippen LogP contribution in [-0.4, -0.2) is 15.9 Å². The van der Waals surface area contributed by atoms with Crippen LogP contribution in [0.25, 0.3) is 4.96 Å². The van der Waals surface area contributed by atoms with E-state index in [0.717, 1.165) is 23.7 Å². The summed E-state index contributed by atoms with van der Waals surface area (Å²) in [5.41, 5.74) is 2.25. The molecule has 14 heavy (non-hydrogen) atoms. The fourth-order valence-electron chi connectivity index (χ4n) is 1.44. The Morgan fingerprint density at radius 2 is 2.43 bits per heavy atom. The van der Waals surface area contributed by atoms with Crippen LogP contribution in [0.15, 0.2) is 5.38 Å². The lowest BCUT2D eigenvalue weighted by atomic mass is 10.4. The number of nitrogens with one attached hydrogen (secondary N) is 1. The summed E-state index contributed by atoms with van der Waals surface area (Å²) < 4.78 is 2.11. The van der Waals surface area contributed by atoms with E-state index in [-0.39, 0.29) is 0 Å². The third-order valence-corrected chi connectivity index (χ3v) is 3.37. The Kier molecular flexibility index (Phi) is 2.76. The van der Waals surface area contributed by atoms with Crippen molar-refractivity contribution in [3.63, 3.8) is 0 Å². The molecule has 2 heterocycles. The minimum Gasteiger partial charge on any atom is -0.311 e. The van der Waals surface area contributed by atoms with E-state index >= 15 is 0 Å². The summed E-state index contributed by atoms with van der Waals surface area (Å²) in [6.07, 6.45) is 0. The number of halogens is 1. The van der Waals surface area contributed by atoms with E-state index in [1.54, 1.807) is 11.3 Å². The van der Waals surface area contributed by atoms with Crippen molar-refractivity contribution in [1.29, 1.82) is 0 Å². The number of rotatable bonds is 3. The molecule has 5 heteroatoms. The predicted octanol–water partition coefficient (Wildman–Crippen LogP) is 2.47. The molecule has 0 radical (unpaired) electrons. The highest BCUT2D eigenvalue weighted by atomic mass is 35.5. The largest absolute Gasteiger partial charge is 0.311 e. The molecule has 0 spiro atoms. The second-order valence-electron chi connectivity index (χ2n) is 3.12. The Balaban J connectivity index is 2.48. The van der Waals surface area contributed by atoms with Gasteiger partial charge in [0, 0.05) is 17.6 Å². The molecule has 0 amide bonds. The van der Waals surface area contributed by atoms with Crippen molar-refractivity contribution in [2.75, 3.05) is 6.54 Å². The Morgan fingerprint density at radius 3 is 3.14 bits per heavy atom. The zero-order valence-corrected chi connectivity index (χ0v) is 9.74. The summed E-state index contributed by atoms with van der Waals surface area (Å²) in [4.78, 5) is 5.27. The van der Waals surface area contributed by atoms with Crippen molar-refractivity contribution in [3.05, 3.63) is 21.9 Å². The quantitative estimate of drug-likeness (QED) is 0.876. The average Bonchev–Trinajstić information content (AvgIpc) is 2.64. The zero-order chi connectivity index (χ0) is 10.1. The van der Waals surface area contributed by atoms with Crippen LogP contribution in [0.5, 0.6) is 0 Å². The molecule has 76 valence electrons. The van der Waals surface area contributed by atoms with Gasteiger partial charge in [-0.25, -0.2) is 4.98 Å². The molecule has 0 aliphatic rings. The minimum atomic E-state index is 0.612. The molecule has 0 aliphatic heterocycles. The van der Waals surface area contributed by atoms with E-state index in [9.17, 15) is 0 Å². The highest BCUT2D eigenvalue weighted by Gasteiger charge is 2.12. The highest BCUT2D eigenvalue weighted by molar-refractivity contribution is 7.15. The van der Waals surface area contributed by atoms with Gasteiger partial charge in [-0.05, 0) is 13.5 Å². The lowest BCUT2D eigenvalue weighted by Gasteiger charge is -2.02. The maximum atomic E-state index is 6.05. The molecule has 0 atom stereocenters. The molecule has 2 aromatic rings. The predicted molar refractivity (Wildman–Crippen MR) is 60.2 cm³/mol. The van der Waals surface area contributed by atoms with Crippen LogP contribution in [0.4, 0.5) is 0 Å². The number of fused-ring (bicyclic) bond motifs is 1. The second kappa shape index (κ2) is 3.88. The lowest BCUT2D eigenvalue weighted by molar-refractivity contribution is 0.704. The fourth-order valence-corrected chi connectivity index (χ4v) is 2.60. The van der Waals surface area contributed by atoms with E-state index in [2.05, 4.69) is 33.9 Å². The van der Waals surface area contributed by atoms with Crippen molar-refractivity contribution >= 4 is 27.9 Å². The summed E-state index contributed by atoms with van der Waals surface area (Å²) in [6, 6.07) is 0. The van der Waals surface area contributed by atoms with Gasteiger partial charge in [0.25, 0.3) is 0 Å². The van der Waals surface area contributed by atoms with Gasteiger partial charge in [-0.1, -0.05) is 18.5 Å². The van der Waals surface area contributed by atoms with Gasteiger partial charge in [-0.2, -0.15) is 0 Å². The number of hydrogen-bond acceptors (Lipinski definition) is 3. The van der Waals surface area contributed by atoms with Crippen molar-refractivity contribution in [2.24, 2.45) is 0 Å². The van der Waals surface area contributed by atoms with E-state index in [1.807, 2.05) is 0 Å². The van der Waals surface area contributed by atoms with Crippen LogP contribution in [0.3, 0.4) is 0 Å². The number of aromatic nitrogens is 2. The fraction of sp³-hybridized carbons (Fsp3) is 0.444. The summed E-state index contributed by atoms with van der Waals surface area (Å²) in [7, 11) is 0. The smallest absolute Gasteiger partial charge is 0.195 e. The second-order valence-corrected chi connectivity index (χ2v) is 4.32. The number of thiazole rings is 1. The van der Waals surface area contributed by atoms with E-state index in [1.165, 1.54) is 5.69 Å². The van der Waals surface area contributed by atoms with Gasteiger partial charge in [0.2, 0.25) is 0 Å². The van der Waals surface area contributed by atoms with Gasteiger partial charge in [0.1, 0.15) is 0 Å². The first-order valence-electron chi connectivity index (χ1n) is 4.55. The van der Waals surface area contributed by atoms with Crippen molar-refractivity contribution < 1.29 is 0 Å². The van der Waals surface area contributed by atoms with Crippen molar-refractivity contribution in [1.82, 2.24) is 14.7 Å². The SMILES string of the molecule is CCNCc1c(Cl)nc2scc(C)n12. The number of aryl methyl sites for hydroxylation is 1. The molecule has 0 fully saturated rings. The third-order valence-electron chi connectivity index (χ3n) is 2.12. The first kappa shape index (κ1) is 9.96. The molecule has 0 saturated carbocycles. The molecular formula is C9H12ClN3S. The van der Waals surface area contributed by atoms with Gasteiger partial charge in [0.05, 0.1) is 5.69 Å². The standard InChI is InChI=1S/C9H12ClN3S/c1-3-11-4-7-8(10)12-9-13(7)6(2)5-14-9/h5,11H,3-4H2,1-2H3. The van der Waals surface area contributed by atoms with Crippen molar-refractivity contribution in [2.45, 2.75) is 20.4 Å². The number of nitrogens with zero attached hydrogens (tertiary/aromatic N) is 2. The number of hydrogen-bond donors (Lipinski definition) is 1. The van der Waals surface area contributed by atoms with Crippen LogP contribution >= 0.6 is 22.9 Å². The molecule has 0 saturated heterocycles. The van der Waals surface area contributed by atoms with Gasteiger partial charge in [-0.15, -0.1) is 11.3 Å². The molecule has 0 aliphatic carbocycles. The molecular weight excluding hydrogens is 218 g/mol. The Bertz CT molecular complexity index is 446. The Labute approximate surface area is 91.7 Å². The first-order chi connectivity index (χ1) is 6.74. The molecule has 0 unspecified atom stereocenters. The van der Waals surface area contributed by atoms with Crippen LogP contribution in [0.1, 0.15) is 18.3 Å². The average molecular weight is 230 g/mol. The van der Waals surface area contributed by atoms with E-state index < -0.39 is 0 Å². The summed E-state index contributed by atoms with van der Waals surface area (Å²) in [5.74, 6) is 0. The Morgan fingerprint density at radius 1 is 1.64 bits per heavy atom. The summed E-state index contributed by atoms with van der Waals surface area (Å²) >= 11 is 7.67. The minimum absolute atomic E-state index is 0.612. The van der Waals surface area contributed by atoms with Crippen LogP contribution < -0.4 is 5.32 Å². The van der Waals surface area contributed by atoms with Gasteiger partial charge < -0.3 is 5.32 Å². The van der Waals surface area contributed by atoms with Crippen molar-refractivity contribution in [3.8, 4) is 0 Å². The summed E-state index contributed by atoms with van der Waals surface area (Å²) in [6.45, 7) is 5.85. The highest BCUT2D eigenvalue weighted by Crippen LogP contribution is 2.23. The first-order valence-corrected chi connectivity index (χ1v) is 5.81. The maximum absolute atomic E-state index is 6.05. The maximum Gasteiger partial charge on any atom is 0.195 e. The molecule has 3 nitrogen and oxygen atoms in total. The lowest BCUT2D eigenvalue weighted by Crippen LogP contribution is -2.13. The third kappa shape index (κ3) is 1.54. The van der Waals surface area contributed by atoms with E-state index in [4.69, 9.17) is 11.6 Å². The van der Waals surface area contributed by atoms with Gasteiger partial charge in [-0.3, -0.25) is 4.40 Å². The molecule has 2 aromatic heterocycles. The van der Waals surface area contributed by atoms with Crippen LogP contribution in [0, 0.1) is 6.92 Å². The molecule has 0 aromatic carbocycles. The molecule has 0 bridgehead atoms. The van der Waals surface area contributed by atoms with Crippen LogP contribution in [0.2, 0.25) is 5.15 Å². The monoisotopic (exact) mass is 229 g/mol. The topological polar surface area (TPSA) is 29.3 Å². The van der Waals surface area contributed by atoms with Crippen LogP contribution in [-0.2, 0) is 6.54 Å². The molecule has 1 N–H and O–H groups in total. The Hall–Kier alpha value is -0.580. The van der Waals surface area contributed by atoms with E-state index in [0.29, 0.717) is 5.15 Å².